The number of carbonyl (C=O) groups excluding carboxylic acids is 1. The molecule has 0 aliphatic heterocycles. The molecule has 3 aromatic rings. The number of para-hydroxylation sites is 2. The van der Waals surface area contributed by atoms with Crippen molar-refractivity contribution in [1.82, 2.24) is 14.9 Å². The summed E-state index contributed by atoms with van der Waals surface area (Å²) in [4.78, 5) is 16.3. The highest BCUT2D eigenvalue weighted by Crippen LogP contribution is 2.19. The standard InChI is InChI=1S/C26H35N3O3/c1-20-16-21(2)18-22(17-20)32-15-9-14-29-24-11-7-6-10-23(24)28-25(29)12-5-4-8-13-27-26(30)19-31-3/h6-7,10-11,16-18H,4-5,8-9,12-15,19H2,1-3H3,(H,27,30). The fourth-order valence-electron chi connectivity index (χ4n) is 3.99. The lowest BCUT2D eigenvalue weighted by molar-refractivity contribution is -0.124. The molecule has 172 valence electrons. The molecule has 0 saturated heterocycles. The number of benzene rings is 2. The monoisotopic (exact) mass is 437 g/mol. The summed E-state index contributed by atoms with van der Waals surface area (Å²) in [5, 5.41) is 2.87. The number of aromatic nitrogens is 2. The van der Waals surface area contributed by atoms with Crippen molar-refractivity contribution < 1.29 is 14.3 Å². The molecule has 1 aromatic heterocycles. The number of rotatable bonds is 13. The van der Waals surface area contributed by atoms with Crippen LogP contribution in [-0.2, 0) is 22.5 Å². The van der Waals surface area contributed by atoms with Crippen LogP contribution in [0.15, 0.2) is 42.5 Å². The fourth-order valence-corrected chi connectivity index (χ4v) is 3.99. The van der Waals surface area contributed by atoms with Crippen LogP contribution in [0.5, 0.6) is 5.75 Å². The van der Waals surface area contributed by atoms with E-state index in [9.17, 15) is 4.79 Å². The molecule has 0 fully saturated rings. The van der Waals surface area contributed by atoms with E-state index in [-0.39, 0.29) is 12.5 Å². The van der Waals surface area contributed by atoms with Crippen molar-refractivity contribution >= 4 is 16.9 Å². The van der Waals surface area contributed by atoms with Gasteiger partial charge in [-0.05, 0) is 68.5 Å². The third-order valence-electron chi connectivity index (χ3n) is 5.40. The van der Waals surface area contributed by atoms with Gasteiger partial charge in [-0.2, -0.15) is 0 Å². The first-order valence-corrected chi connectivity index (χ1v) is 11.5. The van der Waals surface area contributed by atoms with Gasteiger partial charge in [0.25, 0.3) is 0 Å². The van der Waals surface area contributed by atoms with Crippen LogP contribution in [0.2, 0.25) is 0 Å². The average molecular weight is 438 g/mol. The molecular formula is C26H35N3O3. The molecule has 2 aromatic carbocycles. The van der Waals surface area contributed by atoms with Crippen LogP contribution < -0.4 is 10.1 Å². The van der Waals surface area contributed by atoms with E-state index in [0.717, 1.165) is 55.7 Å². The summed E-state index contributed by atoms with van der Waals surface area (Å²) in [5.41, 5.74) is 4.67. The maximum atomic E-state index is 11.4. The number of ether oxygens (including phenoxy) is 2. The van der Waals surface area contributed by atoms with Crippen LogP contribution in [-0.4, -0.2) is 42.3 Å². The number of carbonyl (C=O) groups is 1. The lowest BCUT2D eigenvalue weighted by Gasteiger charge is -2.11. The van der Waals surface area contributed by atoms with Crippen LogP contribution in [0.3, 0.4) is 0 Å². The topological polar surface area (TPSA) is 65.4 Å². The molecule has 1 heterocycles. The van der Waals surface area contributed by atoms with Crippen molar-refractivity contribution in [2.75, 3.05) is 26.9 Å². The van der Waals surface area contributed by atoms with E-state index in [4.69, 9.17) is 14.5 Å². The molecule has 3 rings (SSSR count). The lowest BCUT2D eigenvalue weighted by atomic mass is 10.1. The molecule has 0 aliphatic carbocycles. The molecule has 0 spiro atoms. The fraction of sp³-hybridized carbons (Fsp3) is 0.462. The Hall–Kier alpha value is -2.86. The molecule has 0 aliphatic rings. The Morgan fingerprint density at radius 2 is 1.81 bits per heavy atom. The maximum absolute atomic E-state index is 11.4. The van der Waals surface area contributed by atoms with Crippen LogP contribution >= 0.6 is 0 Å². The van der Waals surface area contributed by atoms with Gasteiger partial charge in [0.2, 0.25) is 5.91 Å². The second kappa shape index (κ2) is 12.2. The number of hydrogen-bond acceptors (Lipinski definition) is 4. The van der Waals surface area contributed by atoms with Crippen molar-refractivity contribution in [3.05, 3.63) is 59.4 Å². The van der Waals surface area contributed by atoms with Crippen molar-refractivity contribution in [2.24, 2.45) is 0 Å². The number of fused-ring (bicyclic) bond motifs is 1. The number of unbranched alkanes of at least 4 members (excludes halogenated alkanes) is 2. The first-order valence-electron chi connectivity index (χ1n) is 11.5. The number of amides is 1. The zero-order valence-corrected chi connectivity index (χ0v) is 19.5. The number of hydrogen-bond donors (Lipinski definition) is 1. The quantitative estimate of drug-likeness (QED) is 0.397. The minimum atomic E-state index is -0.0580. The number of nitrogens with zero attached hydrogens (tertiary/aromatic N) is 2. The summed E-state index contributed by atoms with van der Waals surface area (Å²) in [7, 11) is 1.53. The summed E-state index contributed by atoms with van der Waals surface area (Å²) in [5.74, 6) is 2.01. The van der Waals surface area contributed by atoms with Crippen molar-refractivity contribution in [2.45, 2.75) is 52.5 Å². The molecule has 6 nitrogen and oxygen atoms in total. The lowest BCUT2D eigenvalue weighted by Crippen LogP contribution is -2.27. The van der Waals surface area contributed by atoms with Crippen LogP contribution in [0.25, 0.3) is 11.0 Å². The van der Waals surface area contributed by atoms with Crippen LogP contribution in [0.1, 0.15) is 42.6 Å². The van der Waals surface area contributed by atoms with E-state index in [2.05, 4.69) is 60.1 Å². The molecule has 1 amide bonds. The molecule has 0 unspecified atom stereocenters. The number of methoxy groups -OCH3 is 1. The normalized spacial score (nSPS) is 11.1. The summed E-state index contributed by atoms with van der Waals surface area (Å²) in [6.07, 6.45) is 4.90. The zero-order valence-electron chi connectivity index (χ0n) is 19.5. The van der Waals surface area contributed by atoms with Gasteiger partial charge < -0.3 is 19.4 Å². The molecule has 6 heteroatoms. The first kappa shape index (κ1) is 23.8. The molecule has 0 bridgehead atoms. The predicted octanol–water partition coefficient (Wildman–Crippen LogP) is 4.60. The molecule has 32 heavy (non-hydrogen) atoms. The Labute approximate surface area is 190 Å². The third-order valence-corrected chi connectivity index (χ3v) is 5.40. The summed E-state index contributed by atoms with van der Waals surface area (Å²) >= 11 is 0. The predicted molar refractivity (Wildman–Crippen MR) is 128 cm³/mol. The highest BCUT2D eigenvalue weighted by Gasteiger charge is 2.10. The number of aryl methyl sites for hydroxylation is 4. The van der Waals surface area contributed by atoms with Gasteiger partial charge in [0.15, 0.2) is 0 Å². The largest absolute Gasteiger partial charge is 0.494 e. The minimum absolute atomic E-state index is 0.0580. The smallest absolute Gasteiger partial charge is 0.245 e. The Bertz CT molecular complexity index is 992. The van der Waals surface area contributed by atoms with E-state index < -0.39 is 0 Å². The summed E-state index contributed by atoms with van der Waals surface area (Å²) in [6.45, 7) is 6.56. The number of nitrogens with one attached hydrogen (secondary N) is 1. The van der Waals surface area contributed by atoms with Crippen molar-refractivity contribution in [1.29, 1.82) is 0 Å². The molecular weight excluding hydrogens is 402 g/mol. The van der Waals surface area contributed by atoms with Crippen molar-refractivity contribution in [3.8, 4) is 5.75 Å². The SMILES string of the molecule is COCC(=O)NCCCCCc1nc2ccccc2n1CCCOc1cc(C)cc(C)c1. The molecule has 0 saturated carbocycles. The van der Waals surface area contributed by atoms with Gasteiger partial charge in [-0.1, -0.05) is 24.6 Å². The van der Waals surface area contributed by atoms with E-state index in [1.807, 2.05) is 6.07 Å². The van der Waals surface area contributed by atoms with Gasteiger partial charge in [-0.3, -0.25) is 4.79 Å². The van der Waals surface area contributed by atoms with E-state index >= 15 is 0 Å². The van der Waals surface area contributed by atoms with Gasteiger partial charge in [0, 0.05) is 26.6 Å². The second-order valence-corrected chi connectivity index (χ2v) is 8.29. The maximum Gasteiger partial charge on any atom is 0.245 e. The average Bonchev–Trinajstić information content (AvgIpc) is 3.10. The molecule has 1 N–H and O–H groups in total. The Balaban J connectivity index is 1.50. The molecule has 0 atom stereocenters. The third kappa shape index (κ3) is 7.09. The van der Waals surface area contributed by atoms with E-state index in [1.165, 1.54) is 23.8 Å². The van der Waals surface area contributed by atoms with Crippen LogP contribution in [0.4, 0.5) is 0 Å². The van der Waals surface area contributed by atoms with Gasteiger partial charge in [0.05, 0.1) is 17.6 Å². The zero-order chi connectivity index (χ0) is 22.8. The summed E-state index contributed by atoms with van der Waals surface area (Å²) < 4.78 is 13.2. The van der Waals surface area contributed by atoms with Gasteiger partial charge >= 0.3 is 0 Å². The van der Waals surface area contributed by atoms with E-state index in [0.29, 0.717) is 13.2 Å². The first-order chi connectivity index (χ1) is 15.6. The Morgan fingerprint density at radius 3 is 2.59 bits per heavy atom. The van der Waals surface area contributed by atoms with Gasteiger partial charge in [-0.15, -0.1) is 0 Å². The van der Waals surface area contributed by atoms with Crippen LogP contribution in [0, 0.1) is 13.8 Å². The molecule has 0 radical (unpaired) electrons. The number of imidazole rings is 1. The van der Waals surface area contributed by atoms with E-state index in [1.54, 1.807) is 0 Å². The highest BCUT2D eigenvalue weighted by molar-refractivity contribution is 5.77. The Morgan fingerprint density at radius 1 is 1.03 bits per heavy atom. The second-order valence-electron chi connectivity index (χ2n) is 8.29. The van der Waals surface area contributed by atoms with Crippen molar-refractivity contribution in [3.63, 3.8) is 0 Å². The minimum Gasteiger partial charge on any atom is -0.494 e. The highest BCUT2D eigenvalue weighted by atomic mass is 16.5. The Kier molecular flexibility index (Phi) is 9.11. The summed E-state index contributed by atoms with van der Waals surface area (Å²) in [6, 6.07) is 14.7. The van der Waals surface area contributed by atoms with Gasteiger partial charge in [-0.25, -0.2) is 4.98 Å². The van der Waals surface area contributed by atoms with Gasteiger partial charge in [0.1, 0.15) is 18.2 Å².